The van der Waals surface area contributed by atoms with Crippen molar-refractivity contribution in [1.82, 2.24) is 16.0 Å². The zero-order valence-corrected chi connectivity index (χ0v) is 12.9. The van der Waals surface area contributed by atoms with Crippen LogP contribution in [-0.2, 0) is 9.53 Å². The highest BCUT2D eigenvalue weighted by atomic mass is 16.5. The van der Waals surface area contributed by atoms with Crippen LogP contribution in [0.15, 0.2) is 0 Å². The maximum atomic E-state index is 11.8. The SMILES string of the molecule is CCC1(CC)CC(NC(C)C(=O)NC(=O)NC)CCO1. The van der Waals surface area contributed by atoms with E-state index in [9.17, 15) is 9.59 Å². The predicted octanol–water partition coefficient (Wildman–Crippen LogP) is 1.16. The van der Waals surface area contributed by atoms with Crippen molar-refractivity contribution in [3.05, 3.63) is 0 Å². The summed E-state index contributed by atoms with van der Waals surface area (Å²) >= 11 is 0. The summed E-state index contributed by atoms with van der Waals surface area (Å²) in [6.07, 6.45) is 3.73. The summed E-state index contributed by atoms with van der Waals surface area (Å²) in [6.45, 7) is 6.75. The van der Waals surface area contributed by atoms with Crippen LogP contribution in [0, 0.1) is 0 Å². The first-order chi connectivity index (χ1) is 9.46. The summed E-state index contributed by atoms with van der Waals surface area (Å²) in [6, 6.07) is -0.636. The fourth-order valence-electron chi connectivity index (χ4n) is 2.62. The second-order valence-corrected chi connectivity index (χ2v) is 5.39. The Morgan fingerprint density at radius 3 is 2.55 bits per heavy atom. The third-order valence-corrected chi connectivity index (χ3v) is 4.12. The molecule has 0 aromatic carbocycles. The molecule has 1 heterocycles. The van der Waals surface area contributed by atoms with Gasteiger partial charge in [0.15, 0.2) is 0 Å². The monoisotopic (exact) mass is 285 g/mol. The van der Waals surface area contributed by atoms with Crippen LogP contribution in [0.1, 0.15) is 46.5 Å². The molecule has 1 aliphatic heterocycles. The summed E-state index contributed by atoms with van der Waals surface area (Å²) in [7, 11) is 1.48. The summed E-state index contributed by atoms with van der Waals surface area (Å²) in [5.74, 6) is -0.311. The van der Waals surface area contributed by atoms with Crippen LogP contribution in [-0.4, -0.2) is 43.3 Å². The van der Waals surface area contributed by atoms with E-state index in [0.717, 1.165) is 25.7 Å². The van der Waals surface area contributed by atoms with Crippen molar-refractivity contribution < 1.29 is 14.3 Å². The summed E-state index contributed by atoms with van der Waals surface area (Å²) in [5, 5.41) is 7.95. The van der Waals surface area contributed by atoms with Crippen molar-refractivity contribution in [2.24, 2.45) is 0 Å². The Labute approximate surface area is 121 Å². The number of imide groups is 1. The topological polar surface area (TPSA) is 79.5 Å². The minimum atomic E-state index is -0.480. The van der Waals surface area contributed by atoms with E-state index < -0.39 is 12.1 Å². The molecule has 0 spiro atoms. The predicted molar refractivity (Wildman–Crippen MR) is 77.5 cm³/mol. The molecule has 2 atom stereocenters. The lowest BCUT2D eigenvalue weighted by molar-refractivity contribution is -0.123. The Morgan fingerprint density at radius 1 is 1.35 bits per heavy atom. The Hall–Kier alpha value is -1.14. The number of hydrogen-bond acceptors (Lipinski definition) is 4. The standard InChI is InChI=1S/C14H27N3O3/c1-5-14(6-2)9-11(7-8-20-14)16-10(3)12(18)17-13(19)15-4/h10-11,16H,5-9H2,1-4H3,(H2,15,17,18,19). The van der Waals surface area contributed by atoms with Crippen molar-refractivity contribution in [2.75, 3.05) is 13.7 Å². The molecule has 6 nitrogen and oxygen atoms in total. The van der Waals surface area contributed by atoms with Gasteiger partial charge in [-0.25, -0.2) is 4.79 Å². The molecule has 0 saturated carbocycles. The van der Waals surface area contributed by atoms with Crippen LogP contribution in [0.25, 0.3) is 0 Å². The molecule has 1 saturated heterocycles. The van der Waals surface area contributed by atoms with E-state index in [2.05, 4.69) is 29.8 Å². The lowest BCUT2D eigenvalue weighted by Gasteiger charge is -2.41. The van der Waals surface area contributed by atoms with E-state index in [1.807, 2.05) is 0 Å². The number of nitrogens with one attached hydrogen (secondary N) is 3. The van der Waals surface area contributed by atoms with Gasteiger partial charge in [-0.05, 0) is 32.6 Å². The van der Waals surface area contributed by atoms with Gasteiger partial charge in [-0.1, -0.05) is 13.8 Å². The average Bonchev–Trinajstić information content (AvgIpc) is 2.47. The molecule has 1 rings (SSSR count). The minimum absolute atomic E-state index is 0.0765. The van der Waals surface area contributed by atoms with Gasteiger partial charge < -0.3 is 15.4 Å². The number of amides is 3. The number of rotatable bonds is 5. The molecule has 0 aliphatic carbocycles. The average molecular weight is 285 g/mol. The van der Waals surface area contributed by atoms with E-state index in [0.29, 0.717) is 6.61 Å². The highest BCUT2D eigenvalue weighted by Crippen LogP contribution is 2.31. The van der Waals surface area contributed by atoms with Crippen LogP contribution < -0.4 is 16.0 Å². The van der Waals surface area contributed by atoms with Gasteiger partial charge in [-0.15, -0.1) is 0 Å². The molecule has 6 heteroatoms. The van der Waals surface area contributed by atoms with Crippen LogP contribution in [0.2, 0.25) is 0 Å². The fraction of sp³-hybridized carbons (Fsp3) is 0.857. The second-order valence-electron chi connectivity index (χ2n) is 5.39. The Bertz CT molecular complexity index is 343. The van der Waals surface area contributed by atoms with Crippen LogP contribution in [0.5, 0.6) is 0 Å². The first kappa shape index (κ1) is 16.9. The van der Waals surface area contributed by atoms with Gasteiger partial charge >= 0.3 is 6.03 Å². The zero-order chi connectivity index (χ0) is 15.2. The molecule has 2 unspecified atom stereocenters. The van der Waals surface area contributed by atoms with E-state index in [1.165, 1.54) is 7.05 Å². The number of carbonyl (C=O) groups is 2. The van der Waals surface area contributed by atoms with Gasteiger partial charge in [0.2, 0.25) is 5.91 Å². The van der Waals surface area contributed by atoms with E-state index in [-0.39, 0.29) is 17.6 Å². The lowest BCUT2D eigenvalue weighted by atomic mass is 9.85. The number of hydrogen-bond donors (Lipinski definition) is 3. The Balaban J connectivity index is 2.51. The molecule has 3 N–H and O–H groups in total. The van der Waals surface area contributed by atoms with Crippen molar-refractivity contribution >= 4 is 11.9 Å². The fourth-order valence-corrected chi connectivity index (χ4v) is 2.62. The van der Waals surface area contributed by atoms with Crippen LogP contribution in [0.4, 0.5) is 4.79 Å². The van der Waals surface area contributed by atoms with Gasteiger partial charge in [-0.3, -0.25) is 10.1 Å². The first-order valence-electron chi connectivity index (χ1n) is 7.39. The Kier molecular flexibility index (Phi) is 6.42. The Morgan fingerprint density at radius 2 is 2.00 bits per heavy atom. The largest absolute Gasteiger partial charge is 0.375 e. The van der Waals surface area contributed by atoms with Gasteiger partial charge in [0.1, 0.15) is 0 Å². The molecular formula is C14H27N3O3. The van der Waals surface area contributed by atoms with Crippen molar-refractivity contribution in [3.8, 4) is 0 Å². The van der Waals surface area contributed by atoms with Gasteiger partial charge in [0.25, 0.3) is 0 Å². The quantitative estimate of drug-likeness (QED) is 0.708. The molecule has 1 aliphatic rings. The third-order valence-electron chi connectivity index (χ3n) is 4.12. The van der Waals surface area contributed by atoms with Crippen LogP contribution in [0.3, 0.4) is 0 Å². The number of carbonyl (C=O) groups excluding carboxylic acids is 2. The highest BCUT2D eigenvalue weighted by Gasteiger charge is 2.35. The molecule has 0 aromatic heterocycles. The van der Waals surface area contributed by atoms with E-state index >= 15 is 0 Å². The minimum Gasteiger partial charge on any atom is -0.375 e. The highest BCUT2D eigenvalue weighted by molar-refractivity contribution is 5.96. The molecule has 0 radical (unpaired) electrons. The van der Waals surface area contributed by atoms with Gasteiger partial charge in [0.05, 0.1) is 11.6 Å². The molecule has 3 amide bonds. The number of urea groups is 1. The van der Waals surface area contributed by atoms with Gasteiger partial charge in [0, 0.05) is 19.7 Å². The smallest absolute Gasteiger partial charge is 0.321 e. The number of ether oxygens (including phenoxy) is 1. The summed E-state index contributed by atoms with van der Waals surface area (Å²) < 4.78 is 5.91. The van der Waals surface area contributed by atoms with Crippen LogP contribution >= 0.6 is 0 Å². The van der Waals surface area contributed by atoms with Crippen molar-refractivity contribution in [1.29, 1.82) is 0 Å². The molecule has 0 aromatic rings. The molecule has 0 bridgehead atoms. The third kappa shape index (κ3) is 4.45. The zero-order valence-electron chi connectivity index (χ0n) is 12.9. The molecule has 116 valence electrons. The van der Waals surface area contributed by atoms with Gasteiger partial charge in [-0.2, -0.15) is 0 Å². The van der Waals surface area contributed by atoms with E-state index in [1.54, 1.807) is 6.92 Å². The molecular weight excluding hydrogens is 258 g/mol. The maximum Gasteiger partial charge on any atom is 0.321 e. The second kappa shape index (κ2) is 7.59. The van der Waals surface area contributed by atoms with Crippen molar-refractivity contribution in [3.63, 3.8) is 0 Å². The maximum absolute atomic E-state index is 11.8. The van der Waals surface area contributed by atoms with Crippen molar-refractivity contribution in [2.45, 2.75) is 64.1 Å². The first-order valence-corrected chi connectivity index (χ1v) is 7.39. The molecule has 1 fully saturated rings. The van der Waals surface area contributed by atoms with E-state index in [4.69, 9.17) is 4.74 Å². The lowest BCUT2D eigenvalue weighted by Crippen LogP contribution is -2.53. The summed E-state index contributed by atoms with van der Waals surface area (Å²) in [5.41, 5.74) is -0.0765. The summed E-state index contributed by atoms with van der Waals surface area (Å²) in [4.78, 5) is 22.9. The normalized spacial score (nSPS) is 22.9. The molecule has 20 heavy (non-hydrogen) atoms.